The van der Waals surface area contributed by atoms with Gasteiger partial charge in [-0.05, 0) is 61.1 Å². The monoisotopic (exact) mass is 475 g/mol. The van der Waals surface area contributed by atoms with Gasteiger partial charge in [0.25, 0.3) is 5.91 Å². The second kappa shape index (κ2) is 9.17. The van der Waals surface area contributed by atoms with E-state index in [1.165, 1.54) is 19.2 Å². The Kier molecular flexibility index (Phi) is 6.63. The molecule has 0 fully saturated rings. The van der Waals surface area contributed by atoms with E-state index in [4.69, 9.17) is 4.74 Å². The van der Waals surface area contributed by atoms with Gasteiger partial charge in [-0.25, -0.2) is 18.1 Å². The highest BCUT2D eigenvalue weighted by Crippen LogP contribution is 2.24. The second-order valence-corrected chi connectivity index (χ2v) is 8.75. The van der Waals surface area contributed by atoms with Gasteiger partial charge < -0.3 is 10.1 Å². The fourth-order valence-corrected chi connectivity index (χ4v) is 3.44. The van der Waals surface area contributed by atoms with E-state index >= 15 is 0 Å². The van der Waals surface area contributed by atoms with Crippen molar-refractivity contribution in [3.05, 3.63) is 82.5 Å². The highest BCUT2D eigenvalue weighted by Gasteiger charge is 2.15. The van der Waals surface area contributed by atoms with E-state index in [9.17, 15) is 13.2 Å². The number of ether oxygens (including phenoxy) is 1. The Balaban J connectivity index is 1.69. The van der Waals surface area contributed by atoms with Crippen LogP contribution in [0.4, 0.5) is 0 Å². The number of nitrogens with one attached hydrogen (secondary N) is 2. The van der Waals surface area contributed by atoms with Crippen molar-refractivity contribution in [3.8, 4) is 11.6 Å². The minimum atomic E-state index is -3.49. The minimum absolute atomic E-state index is 0.160. The summed E-state index contributed by atoms with van der Waals surface area (Å²) in [6.07, 6.45) is 1.55. The van der Waals surface area contributed by atoms with Crippen molar-refractivity contribution in [1.82, 2.24) is 15.0 Å². The van der Waals surface area contributed by atoms with Crippen LogP contribution in [0.15, 0.2) is 76.2 Å². The van der Waals surface area contributed by atoms with Crippen molar-refractivity contribution in [2.45, 2.75) is 11.4 Å². The fraction of sp³-hybridized carbons (Fsp3) is 0.100. The first-order chi connectivity index (χ1) is 13.9. The second-order valence-electron chi connectivity index (χ2n) is 5.95. The van der Waals surface area contributed by atoms with Gasteiger partial charge in [0.15, 0.2) is 0 Å². The number of carbonyl (C=O) groups is 1. The zero-order valence-electron chi connectivity index (χ0n) is 15.4. The standard InChI is InChI=1S/C20H18BrN3O4S/c1-22-29(26,27)17-10-4-14(5-11-17)13-24-19(25)18-3-2-12-23-20(18)28-16-8-6-15(21)7-9-16/h2-12,22H,13H2,1H3,(H,24,25). The summed E-state index contributed by atoms with van der Waals surface area (Å²) in [5, 5.41) is 2.79. The van der Waals surface area contributed by atoms with Gasteiger partial charge in [-0.2, -0.15) is 0 Å². The number of nitrogens with zero attached hydrogens (tertiary/aromatic N) is 1. The first-order valence-electron chi connectivity index (χ1n) is 8.58. The van der Waals surface area contributed by atoms with E-state index in [0.717, 1.165) is 10.0 Å². The smallest absolute Gasteiger partial charge is 0.257 e. The van der Waals surface area contributed by atoms with Gasteiger partial charge in [0, 0.05) is 17.2 Å². The fourth-order valence-electron chi connectivity index (χ4n) is 2.44. The Morgan fingerprint density at radius 1 is 1.07 bits per heavy atom. The van der Waals surface area contributed by atoms with Crippen molar-refractivity contribution >= 4 is 31.9 Å². The van der Waals surface area contributed by atoms with Crippen LogP contribution >= 0.6 is 15.9 Å². The molecule has 0 aliphatic carbocycles. The number of rotatable bonds is 7. The largest absolute Gasteiger partial charge is 0.438 e. The number of halogens is 1. The lowest BCUT2D eigenvalue weighted by atomic mass is 10.2. The number of benzene rings is 2. The molecule has 3 rings (SSSR count). The lowest BCUT2D eigenvalue weighted by molar-refractivity contribution is 0.0948. The number of aromatic nitrogens is 1. The van der Waals surface area contributed by atoms with Gasteiger partial charge in [-0.1, -0.05) is 28.1 Å². The van der Waals surface area contributed by atoms with E-state index in [-0.39, 0.29) is 23.2 Å². The van der Waals surface area contributed by atoms with Crippen molar-refractivity contribution in [2.75, 3.05) is 7.05 Å². The van der Waals surface area contributed by atoms with Crippen molar-refractivity contribution in [3.63, 3.8) is 0 Å². The molecule has 1 heterocycles. The summed E-state index contributed by atoms with van der Waals surface area (Å²) >= 11 is 3.36. The van der Waals surface area contributed by atoms with Crippen LogP contribution in [-0.4, -0.2) is 26.4 Å². The lowest BCUT2D eigenvalue weighted by Crippen LogP contribution is -2.23. The minimum Gasteiger partial charge on any atom is -0.438 e. The van der Waals surface area contributed by atoms with Crippen LogP contribution in [0.2, 0.25) is 0 Å². The van der Waals surface area contributed by atoms with Crippen LogP contribution in [-0.2, 0) is 16.6 Å². The van der Waals surface area contributed by atoms with Crippen LogP contribution in [0.1, 0.15) is 15.9 Å². The summed E-state index contributed by atoms with van der Waals surface area (Å²) in [4.78, 5) is 16.9. The molecule has 0 bridgehead atoms. The molecule has 0 aliphatic heterocycles. The first-order valence-corrected chi connectivity index (χ1v) is 10.9. The molecule has 3 aromatic rings. The van der Waals surface area contributed by atoms with Crippen LogP contribution in [0.25, 0.3) is 0 Å². The summed E-state index contributed by atoms with van der Waals surface area (Å²) in [6.45, 7) is 0.228. The molecule has 2 aromatic carbocycles. The third-order valence-electron chi connectivity index (χ3n) is 4.00. The molecule has 0 saturated carbocycles. The first kappa shape index (κ1) is 21.0. The van der Waals surface area contributed by atoms with Crippen LogP contribution < -0.4 is 14.8 Å². The highest BCUT2D eigenvalue weighted by molar-refractivity contribution is 9.10. The molecule has 0 aliphatic rings. The Hall–Kier alpha value is -2.75. The van der Waals surface area contributed by atoms with Crippen LogP contribution in [0.5, 0.6) is 11.6 Å². The number of amides is 1. The molecule has 2 N–H and O–H groups in total. The molecule has 1 aromatic heterocycles. The summed E-state index contributed by atoms with van der Waals surface area (Å²) in [7, 11) is -2.14. The molecular formula is C20H18BrN3O4S. The summed E-state index contributed by atoms with van der Waals surface area (Å²) in [5.74, 6) is 0.405. The van der Waals surface area contributed by atoms with Crippen LogP contribution in [0, 0.1) is 0 Å². The molecule has 9 heteroatoms. The van der Waals surface area contributed by atoms with Crippen LogP contribution in [0.3, 0.4) is 0 Å². The van der Waals surface area contributed by atoms with Gasteiger partial charge in [0.05, 0.1) is 4.90 Å². The van der Waals surface area contributed by atoms with E-state index in [1.54, 1.807) is 42.6 Å². The highest BCUT2D eigenvalue weighted by atomic mass is 79.9. The van der Waals surface area contributed by atoms with E-state index in [2.05, 4.69) is 31.0 Å². The molecule has 0 saturated heterocycles. The Morgan fingerprint density at radius 2 is 1.76 bits per heavy atom. The molecule has 0 atom stereocenters. The lowest BCUT2D eigenvalue weighted by Gasteiger charge is -2.11. The molecule has 0 spiro atoms. The zero-order chi connectivity index (χ0) is 20.9. The number of hydrogen-bond acceptors (Lipinski definition) is 5. The average molecular weight is 476 g/mol. The van der Waals surface area contributed by atoms with Gasteiger partial charge in [-0.3, -0.25) is 4.79 Å². The topological polar surface area (TPSA) is 97.4 Å². The number of pyridine rings is 1. The average Bonchev–Trinajstić information content (AvgIpc) is 2.74. The van der Waals surface area contributed by atoms with Crippen molar-refractivity contribution in [1.29, 1.82) is 0 Å². The maximum Gasteiger partial charge on any atom is 0.257 e. The van der Waals surface area contributed by atoms with E-state index in [1.807, 2.05) is 12.1 Å². The van der Waals surface area contributed by atoms with E-state index in [0.29, 0.717) is 11.3 Å². The molecule has 0 unspecified atom stereocenters. The maximum atomic E-state index is 12.6. The molecule has 1 amide bonds. The summed E-state index contributed by atoms with van der Waals surface area (Å²) < 4.78 is 32.4. The van der Waals surface area contributed by atoms with Gasteiger partial charge in [0.1, 0.15) is 11.3 Å². The summed E-state index contributed by atoms with van der Waals surface area (Å²) in [6, 6.07) is 16.7. The predicted octanol–water partition coefficient (Wildman–Crippen LogP) is 3.47. The predicted molar refractivity (Wildman–Crippen MR) is 112 cm³/mol. The SMILES string of the molecule is CNS(=O)(=O)c1ccc(CNC(=O)c2cccnc2Oc2ccc(Br)cc2)cc1. The molecule has 150 valence electrons. The molecule has 0 radical (unpaired) electrons. The Labute approximate surface area is 177 Å². The Morgan fingerprint density at radius 3 is 2.41 bits per heavy atom. The summed E-state index contributed by atoms with van der Waals surface area (Å²) in [5.41, 5.74) is 1.05. The third-order valence-corrected chi connectivity index (χ3v) is 5.96. The quantitative estimate of drug-likeness (QED) is 0.545. The zero-order valence-corrected chi connectivity index (χ0v) is 17.8. The molecule has 29 heavy (non-hydrogen) atoms. The molecule has 7 nitrogen and oxygen atoms in total. The van der Waals surface area contributed by atoms with E-state index < -0.39 is 10.0 Å². The van der Waals surface area contributed by atoms with Crippen molar-refractivity contribution in [2.24, 2.45) is 0 Å². The number of carbonyl (C=O) groups excluding carboxylic acids is 1. The number of sulfonamides is 1. The van der Waals surface area contributed by atoms with Crippen molar-refractivity contribution < 1.29 is 17.9 Å². The van der Waals surface area contributed by atoms with Gasteiger partial charge in [0.2, 0.25) is 15.9 Å². The van der Waals surface area contributed by atoms with Gasteiger partial charge >= 0.3 is 0 Å². The number of hydrogen-bond donors (Lipinski definition) is 2. The third kappa shape index (κ3) is 5.41. The van der Waals surface area contributed by atoms with Gasteiger partial charge in [-0.15, -0.1) is 0 Å². The maximum absolute atomic E-state index is 12.6. The Bertz CT molecular complexity index is 1100. The normalized spacial score (nSPS) is 11.1. The molecular weight excluding hydrogens is 458 g/mol.